The minimum absolute atomic E-state index is 0.0349. The molecule has 0 radical (unpaired) electrons. The molecule has 3 aromatic carbocycles. The third-order valence-corrected chi connectivity index (χ3v) is 8.55. The van der Waals surface area contributed by atoms with Gasteiger partial charge in [-0.15, -0.1) is 0 Å². The lowest BCUT2D eigenvalue weighted by Crippen LogP contribution is -2.18. The van der Waals surface area contributed by atoms with Gasteiger partial charge in [0.2, 0.25) is 10.0 Å². The summed E-state index contributed by atoms with van der Waals surface area (Å²) < 4.78 is 51.2. The molecule has 8 nitrogen and oxygen atoms in total. The van der Waals surface area contributed by atoms with Gasteiger partial charge in [-0.05, 0) is 62.0 Å². The van der Waals surface area contributed by atoms with Crippen molar-refractivity contribution >= 4 is 34.1 Å². The molecule has 0 spiro atoms. The normalized spacial score (nSPS) is 13.2. The number of sulfonamides is 1. The topological polar surface area (TPSA) is 114 Å². The van der Waals surface area contributed by atoms with E-state index < -0.39 is 23.4 Å². The van der Waals surface area contributed by atoms with Crippen LogP contribution in [0.25, 0.3) is 10.8 Å². The third kappa shape index (κ3) is 5.14. The van der Waals surface area contributed by atoms with Crippen LogP contribution in [-0.2, 0) is 23.6 Å². The van der Waals surface area contributed by atoms with Gasteiger partial charge < -0.3 is 19.5 Å². The Morgan fingerprint density at radius 1 is 0.969 bits per heavy atom. The molecule has 0 fully saturated rings. The van der Waals surface area contributed by atoms with Crippen molar-refractivity contribution in [2.75, 3.05) is 25.6 Å². The van der Waals surface area contributed by atoms with Crippen LogP contribution in [-0.4, -0.2) is 33.8 Å². The number of hydrogen-bond donors (Lipinski definition) is 3. The molecule has 172 valence electrons. The molecular weight excluding hydrogens is 451 g/mol. The molecule has 0 aromatic heterocycles. The Morgan fingerprint density at radius 3 is 2.22 bits per heavy atom. The summed E-state index contributed by atoms with van der Waals surface area (Å²) in [6.07, 6.45) is 0. The molecule has 0 aliphatic carbocycles. The fourth-order valence-electron chi connectivity index (χ4n) is 3.35. The molecule has 0 saturated carbocycles. The van der Waals surface area contributed by atoms with E-state index in [1.165, 1.54) is 19.2 Å². The first-order valence-electron chi connectivity index (χ1n) is 10.1. The summed E-state index contributed by atoms with van der Waals surface area (Å²) >= 11 is 0. The number of anilines is 1. The molecule has 0 amide bonds. The largest absolute Gasteiger partial charge is 0.508 e. The zero-order chi connectivity index (χ0) is 23.4. The Kier molecular flexibility index (Phi) is 7.59. The lowest BCUT2D eigenvalue weighted by atomic mass is 10.1. The van der Waals surface area contributed by atoms with Crippen molar-refractivity contribution in [3.05, 3.63) is 66.2 Å². The molecule has 3 aromatic rings. The summed E-state index contributed by atoms with van der Waals surface area (Å²) in [6.45, 7) is 3.79. The predicted octanol–water partition coefficient (Wildman–Crippen LogP) is 4.83. The number of rotatable bonds is 10. The molecule has 1 unspecified atom stereocenters. The van der Waals surface area contributed by atoms with Crippen molar-refractivity contribution in [2.45, 2.75) is 24.5 Å². The summed E-state index contributed by atoms with van der Waals surface area (Å²) in [5, 5.41) is 15.1. The highest BCUT2D eigenvalue weighted by Gasteiger charge is 2.38. The molecule has 0 heterocycles. The minimum atomic E-state index is -3.70. The second-order valence-electron chi connectivity index (χ2n) is 6.91. The Hall–Kier alpha value is -2.42. The molecule has 3 rings (SSSR count). The number of hydrogen-bond acceptors (Lipinski definition) is 7. The zero-order valence-electron chi connectivity index (χ0n) is 18.1. The van der Waals surface area contributed by atoms with Crippen LogP contribution in [0.1, 0.15) is 25.2 Å². The maximum absolute atomic E-state index is 13.6. The highest BCUT2D eigenvalue weighted by atomic mass is 32.2. The summed E-state index contributed by atoms with van der Waals surface area (Å²) in [6, 6.07) is 16.7. The first-order valence-corrected chi connectivity index (χ1v) is 13.2. The maximum Gasteiger partial charge on any atom is 0.357 e. The van der Waals surface area contributed by atoms with Crippen LogP contribution in [0.5, 0.6) is 5.75 Å². The van der Waals surface area contributed by atoms with Gasteiger partial charge in [0.25, 0.3) is 0 Å². The van der Waals surface area contributed by atoms with Gasteiger partial charge in [-0.3, -0.25) is 4.57 Å². The van der Waals surface area contributed by atoms with Gasteiger partial charge >= 0.3 is 7.60 Å². The number of phenolic OH excluding ortho intramolecular Hbond substituents is 1. The van der Waals surface area contributed by atoms with Gasteiger partial charge in [-0.1, -0.05) is 30.3 Å². The standard InChI is InChI=1S/C22H27N2O6PS/c1-4-29-31(26,30-5-2)22(20-8-6-7-9-21(20)25)24-18-12-10-17-15-19(32(27,28)23-3)13-11-16(17)14-18/h6-15,22-25H,4-5H2,1-3H3. The maximum atomic E-state index is 13.6. The van der Waals surface area contributed by atoms with Gasteiger partial charge in [-0.25, -0.2) is 13.1 Å². The monoisotopic (exact) mass is 478 g/mol. The van der Waals surface area contributed by atoms with E-state index in [4.69, 9.17) is 9.05 Å². The van der Waals surface area contributed by atoms with Crippen molar-refractivity contribution in [1.82, 2.24) is 4.72 Å². The average molecular weight is 479 g/mol. The van der Waals surface area contributed by atoms with Crippen LogP contribution in [0.3, 0.4) is 0 Å². The van der Waals surface area contributed by atoms with E-state index in [1.54, 1.807) is 62.4 Å². The van der Waals surface area contributed by atoms with Crippen molar-refractivity contribution in [1.29, 1.82) is 0 Å². The molecule has 32 heavy (non-hydrogen) atoms. The fraction of sp³-hybridized carbons (Fsp3) is 0.273. The van der Waals surface area contributed by atoms with E-state index in [2.05, 4.69) is 10.0 Å². The summed E-state index contributed by atoms with van der Waals surface area (Å²) in [7, 11) is -5.89. The lowest BCUT2D eigenvalue weighted by Gasteiger charge is -2.28. The van der Waals surface area contributed by atoms with Crippen molar-refractivity contribution in [3.63, 3.8) is 0 Å². The first-order chi connectivity index (χ1) is 15.2. The van der Waals surface area contributed by atoms with E-state index in [1.807, 2.05) is 0 Å². The Labute approximate surface area is 188 Å². The molecule has 0 saturated heterocycles. The second kappa shape index (κ2) is 10.0. The van der Waals surface area contributed by atoms with E-state index >= 15 is 0 Å². The van der Waals surface area contributed by atoms with Crippen molar-refractivity contribution in [2.24, 2.45) is 0 Å². The van der Waals surface area contributed by atoms with Crippen LogP contribution in [0.2, 0.25) is 0 Å². The number of aromatic hydroxyl groups is 1. The van der Waals surface area contributed by atoms with Crippen molar-refractivity contribution < 1.29 is 27.1 Å². The smallest absolute Gasteiger partial charge is 0.357 e. The molecular formula is C22H27N2O6PS. The zero-order valence-corrected chi connectivity index (χ0v) is 19.8. The molecule has 0 aliphatic rings. The van der Waals surface area contributed by atoms with Crippen LogP contribution in [0, 0.1) is 0 Å². The van der Waals surface area contributed by atoms with E-state index in [0.717, 1.165) is 10.8 Å². The average Bonchev–Trinajstić information content (AvgIpc) is 2.78. The van der Waals surface area contributed by atoms with Gasteiger partial charge in [0, 0.05) is 11.3 Å². The SMILES string of the molecule is CCOP(=O)(OCC)C(Nc1ccc2cc(S(=O)(=O)NC)ccc2c1)c1ccccc1O. The first kappa shape index (κ1) is 24.2. The summed E-state index contributed by atoms with van der Waals surface area (Å²) in [4.78, 5) is 0.164. The Bertz CT molecular complexity index is 1240. The number of fused-ring (bicyclic) bond motifs is 1. The second-order valence-corrected chi connectivity index (χ2v) is 10.9. The van der Waals surface area contributed by atoms with Crippen molar-refractivity contribution in [3.8, 4) is 5.75 Å². The number of para-hydroxylation sites is 1. The molecule has 3 N–H and O–H groups in total. The number of phenols is 1. The number of benzene rings is 3. The van der Waals surface area contributed by atoms with E-state index in [0.29, 0.717) is 11.3 Å². The van der Waals surface area contributed by atoms with Gasteiger partial charge in [0.05, 0.1) is 18.1 Å². The van der Waals surface area contributed by atoms with E-state index in [9.17, 15) is 18.1 Å². The highest BCUT2D eigenvalue weighted by Crippen LogP contribution is 2.61. The van der Waals surface area contributed by atoms with Crippen LogP contribution in [0.15, 0.2) is 65.6 Å². The molecule has 0 aliphatic heterocycles. The fourth-order valence-corrected chi connectivity index (χ4v) is 6.07. The van der Waals surface area contributed by atoms with Crippen LogP contribution in [0.4, 0.5) is 5.69 Å². The van der Waals surface area contributed by atoms with Crippen LogP contribution < -0.4 is 10.0 Å². The summed E-state index contributed by atoms with van der Waals surface area (Å²) in [5.41, 5.74) is 0.989. The number of nitrogens with one attached hydrogen (secondary N) is 2. The van der Waals surface area contributed by atoms with Gasteiger partial charge in [0.1, 0.15) is 5.75 Å². The van der Waals surface area contributed by atoms with Crippen LogP contribution >= 0.6 is 7.60 Å². The van der Waals surface area contributed by atoms with Gasteiger partial charge in [0.15, 0.2) is 5.78 Å². The summed E-state index contributed by atoms with van der Waals surface area (Å²) in [5.74, 6) is -0.989. The van der Waals surface area contributed by atoms with E-state index in [-0.39, 0.29) is 23.9 Å². The lowest BCUT2D eigenvalue weighted by molar-refractivity contribution is 0.213. The predicted molar refractivity (Wildman–Crippen MR) is 126 cm³/mol. The molecule has 10 heteroatoms. The Morgan fingerprint density at radius 2 is 1.59 bits per heavy atom. The molecule has 0 bridgehead atoms. The van der Waals surface area contributed by atoms with Gasteiger partial charge in [-0.2, -0.15) is 0 Å². The highest BCUT2D eigenvalue weighted by molar-refractivity contribution is 7.89. The Balaban J connectivity index is 2.04. The molecule has 1 atom stereocenters. The third-order valence-electron chi connectivity index (χ3n) is 4.86. The quantitative estimate of drug-likeness (QED) is 0.358. The minimum Gasteiger partial charge on any atom is -0.508 e.